The minimum absolute atomic E-state index is 0.174. The van der Waals surface area contributed by atoms with Crippen LogP contribution in [0, 0.1) is 18.7 Å². The number of halogens is 1. The Bertz CT molecular complexity index is 2130. The summed E-state index contributed by atoms with van der Waals surface area (Å²) in [6.07, 6.45) is 5.83. The van der Waals surface area contributed by atoms with Crippen LogP contribution in [0.15, 0.2) is 65.0 Å². The molecule has 0 radical (unpaired) electrons. The van der Waals surface area contributed by atoms with Gasteiger partial charge in [0, 0.05) is 21.9 Å². The van der Waals surface area contributed by atoms with Crippen molar-refractivity contribution in [2.75, 3.05) is 5.73 Å². The molecule has 1 unspecified atom stereocenters. The van der Waals surface area contributed by atoms with Crippen molar-refractivity contribution in [3.8, 4) is 28.1 Å². The number of nitrogen functional groups attached to an aromatic ring is 1. The normalized spacial score (nSPS) is 15.8. The molecule has 43 heavy (non-hydrogen) atoms. The first-order chi connectivity index (χ1) is 20.9. The maximum atomic E-state index is 14.6. The smallest absolute Gasteiger partial charge is 0.264 e. The molecule has 11 heteroatoms. The van der Waals surface area contributed by atoms with Crippen LogP contribution in [0.3, 0.4) is 0 Å². The number of anilines is 1. The maximum Gasteiger partial charge on any atom is 0.264 e. The molecule has 8 nitrogen and oxygen atoms in total. The van der Waals surface area contributed by atoms with Gasteiger partial charge in [0.25, 0.3) is 5.56 Å². The van der Waals surface area contributed by atoms with E-state index in [0.717, 1.165) is 58.4 Å². The van der Waals surface area contributed by atoms with Crippen molar-refractivity contribution < 1.29 is 9.13 Å². The van der Waals surface area contributed by atoms with Crippen molar-refractivity contribution >= 4 is 47.6 Å². The average molecular weight is 611 g/mol. The standard InChI is InChI=1S/C32H28FN6O2PS/c1-16-14-43-25-13-22(26(32(40)38(16)25)18-3-2-4-20(33)11-18)29(17-5-6-17)39-31-27(30(34)35-15-36-31)28(37-39)19-7-10-23(24(42)12-19)41-21-8-9-21/h2-4,7,10-15,17,21,29H,5-6,8-9,42H2,1H3,(H2,34,35,36)/t29-/m0/s1. The predicted molar refractivity (Wildman–Crippen MR) is 171 cm³/mol. The summed E-state index contributed by atoms with van der Waals surface area (Å²) >= 11 is 1.51. The second-order valence-corrected chi connectivity index (χ2v) is 13.0. The van der Waals surface area contributed by atoms with Crippen LogP contribution in [0.5, 0.6) is 5.75 Å². The highest BCUT2D eigenvalue weighted by Crippen LogP contribution is 2.48. The Morgan fingerprint density at radius 3 is 2.67 bits per heavy atom. The molecule has 2 saturated carbocycles. The van der Waals surface area contributed by atoms with Crippen LogP contribution in [0.25, 0.3) is 38.2 Å². The van der Waals surface area contributed by atoms with E-state index in [9.17, 15) is 9.18 Å². The number of nitrogens with zero attached hydrogens (tertiary/aromatic N) is 5. The molecule has 4 heterocycles. The minimum atomic E-state index is -0.396. The second-order valence-electron chi connectivity index (χ2n) is 11.4. The van der Waals surface area contributed by atoms with Crippen molar-refractivity contribution in [3.63, 3.8) is 0 Å². The fraction of sp³-hybridized carbons (Fsp3) is 0.250. The predicted octanol–water partition coefficient (Wildman–Crippen LogP) is 5.91. The van der Waals surface area contributed by atoms with E-state index >= 15 is 0 Å². The first kappa shape index (κ1) is 26.5. The number of hydrogen-bond acceptors (Lipinski definition) is 7. The van der Waals surface area contributed by atoms with Gasteiger partial charge < -0.3 is 10.5 Å². The van der Waals surface area contributed by atoms with Crippen LogP contribution in [0.1, 0.15) is 43.0 Å². The molecule has 2 fully saturated rings. The van der Waals surface area contributed by atoms with Gasteiger partial charge in [0.2, 0.25) is 0 Å². The highest BCUT2D eigenvalue weighted by Gasteiger charge is 2.39. The lowest BCUT2D eigenvalue weighted by molar-refractivity contribution is 0.306. The monoisotopic (exact) mass is 610 g/mol. The molecule has 0 bridgehead atoms. The summed E-state index contributed by atoms with van der Waals surface area (Å²) in [6, 6.07) is 14.0. The largest absolute Gasteiger partial charge is 0.490 e. The zero-order valence-corrected chi connectivity index (χ0v) is 25.3. The Kier molecular flexibility index (Phi) is 6.14. The third-order valence-corrected chi connectivity index (χ3v) is 9.74. The van der Waals surface area contributed by atoms with Crippen molar-refractivity contribution in [2.24, 2.45) is 5.92 Å². The SMILES string of the molecule is Cc1csc2cc([C@H](C3CC3)n3nc(-c4ccc(OC5CC5)c(P)c4)c4c(N)ncnc43)c(-c3cccc(F)c3)c(=O)n12. The number of pyridine rings is 1. The van der Waals surface area contributed by atoms with Crippen LogP contribution in [0.2, 0.25) is 0 Å². The first-order valence-electron chi connectivity index (χ1n) is 14.3. The average Bonchev–Trinajstić information content (AvgIpc) is 3.91. The van der Waals surface area contributed by atoms with E-state index in [0.29, 0.717) is 33.7 Å². The van der Waals surface area contributed by atoms with Gasteiger partial charge in [0.05, 0.1) is 23.1 Å². The summed E-state index contributed by atoms with van der Waals surface area (Å²) in [5.41, 5.74) is 11.1. The third kappa shape index (κ3) is 4.51. The minimum Gasteiger partial charge on any atom is -0.490 e. The van der Waals surface area contributed by atoms with E-state index in [4.69, 9.17) is 15.6 Å². The van der Waals surface area contributed by atoms with Gasteiger partial charge >= 0.3 is 0 Å². The Morgan fingerprint density at radius 1 is 1.09 bits per heavy atom. The van der Waals surface area contributed by atoms with Gasteiger partial charge in [-0.25, -0.2) is 19.0 Å². The third-order valence-electron chi connectivity index (χ3n) is 8.29. The Morgan fingerprint density at radius 2 is 1.93 bits per heavy atom. The summed E-state index contributed by atoms with van der Waals surface area (Å²) in [6.45, 7) is 1.91. The van der Waals surface area contributed by atoms with Crippen LogP contribution in [-0.2, 0) is 0 Å². The fourth-order valence-electron chi connectivity index (χ4n) is 5.95. The number of aryl methyl sites for hydroxylation is 1. The molecule has 0 aliphatic heterocycles. The molecule has 0 amide bonds. The number of thiazole rings is 1. The molecular weight excluding hydrogens is 582 g/mol. The summed E-state index contributed by atoms with van der Waals surface area (Å²) in [5.74, 6) is 0.987. The highest BCUT2D eigenvalue weighted by atomic mass is 32.1. The van der Waals surface area contributed by atoms with Gasteiger partial charge in [-0.15, -0.1) is 20.6 Å². The van der Waals surface area contributed by atoms with Gasteiger partial charge in [-0.2, -0.15) is 5.10 Å². The van der Waals surface area contributed by atoms with E-state index in [-0.39, 0.29) is 23.6 Å². The van der Waals surface area contributed by atoms with Crippen LogP contribution in [-0.4, -0.2) is 30.3 Å². The van der Waals surface area contributed by atoms with Crippen molar-refractivity contribution in [3.05, 3.63) is 87.7 Å². The number of benzene rings is 2. The molecule has 0 spiro atoms. The van der Waals surface area contributed by atoms with Gasteiger partial charge in [0.1, 0.15) is 34.2 Å². The number of nitrogens with two attached hydrogens (primary N) is 1. The number of aromatic nitrogens is 5. The van der Waals surface area contributed by atoms with E-state index in [1.807, 2.05) is 35.2 Å². The van der Waals surface area contributed by atoms with Crippen LogP contribution in [0.4, 0.5) is 10.2 Å². The summed E-state index contributed by atoms with van der Waals surface area (Å²) in [4.78, 5) is 24.0. The van der Waals surface area contributed by atoms with Crippen LogP contribution < -0.4 is 21.3 Å². The van der Waals surface area contributed by atoms with E-state index in [1.54, 1.807) is 16.5 Å². The van der Waals surface area contributed by atoms with Gasteiger partial charge in [-0.3, -0.25) is 9.20 Å². The number of ether oxygens (including phenoxy) is 1. The highest BCUT2D eigenvalue weighted by molar-refractivity contribution is 7.27. The summed E-state index contributed by atoms with van der Waals surface area (Å²) in [7, 11) is 2.76. The molecule has 6 aromatic rings. The molecule has 216 valence electrons. The maximum absolute atomic E-state index is 14.6. The molecule has 2 N–H and O–H groups in total. The van der Waals surface area contributed by atoms with Gasteiger partial charge in [0.15, 0.2) is 5.65 Å². The zero-order chi connectivity index (χ0) is 29.4. The van der Waals surface area contributed by atoms with Gasteiger partial charge in [-0.1, -0.05) is 12.1 Å². The van der Waals surface area contributed by atoms with Crippen molar-refractivity contribution in [1.29, 1.82) is 0 Å². The molecule has 2 aromatic carbocycles. The molecule has 4 aromatic heterocycles. The van der Waals surface area contributed by atoms with Crippen molar-refractivity contribution in [1.82, 2.24) is 24.1 Å². The molecule has 8 rings (SSSR count). The topological polar surface area (TPSA) is 100 Å². The quantitative estimate of drug-likeness (QED) is 0.226. The Hall–Kier alpha value is -4.14. The Balaban J connectivity index is 1.37. The zero-order valence-electron chi connectivity index (χ0n) is 23.3. The van der Waals surface area contributed by atoms with Gasteiger partial charge in [-0.05, 0) is 86.1 Å². The van der Waals surface area contributed by atoms with E-state index < -0.39 is 5.82 Å². The summed E-state index contributed by atoms with van der Waals surface area (Å²) < 4.78 is 24.2. The van der Waals surface area contributed by atoms with E-state index in [2.05, 4.69) is 25.3 Å². The molecule has 0 saturated heterocycles. The van der Waals surface area contributed by atoms with E-state index in [1.165, 1.54) is 29.8 Å². The lowest BCUT2D eigenvalue weighted by Crippen LogP contribution is -2.23. The molecule has 2 atom stereocenters. The lowest BCUT2D eigenvalue weighted by Gasteiger charge is -2.22. The molecule has 2 aliphatic carbocycles. The van der Waals surface area contributed by atoms with Crippen molar-refractivity contribution in [2.45, 2.75) is 44.8 Å². The lowest BCUT2D eigenvalue weighted by atomic mass is 9.93. The summed E-state index contributed by atoms with van der Waals surface area (Å²) in [5, 5.41) is 8.73. The first-order valence-corrected chi connectivity index (χ1v) is 15.8. The number of fused-ring (bicyclic) bond motifs is 2. The molecular formula is C32H28FN6O2PS. The van der Waals surface area contributed by atoms with Crippen LogP contribution >= 0.6 is 20.6 Å². The molecule has 2 aliphatic rings. The number of hydrogen-bond donors (Lipinski definition) is 1. The second kappa shape index (κ2) is 9.96. The number of rotatable bonds is 7. The fourth-order valence-corrected chi connectivity index (χ4v) is 7.22. The Labute approximate surface area is 252 Å².